The number of nitrogens with one attached hydrogen (secondary N) is 1. The lowest BCUT2D eigenvalue weighted by atomic mass is 9.86. The zero-order valence-electron chi connectivity index (χ0n) is 11.5. The Morgan fingerprint density at radius 3 is 2.79 bits per heavy atom. The highest BCUT2D eigenvalue weighted by molar-refractivity contribution is 5.99. The van der Waals surface area contributed by atoms with Gasteiger partial charge in [0.25, 0.3) is 5.91 Å². The zero-order chi connectivity index (χ0) is 13.8. The maximum absolute atomic E-state index is 12.3. The Hall–Kier alpha value is -1.71. The monoisotopic (exact) mass is 263 g/mol. The van der Waals surface area contributed by atoms with Crippen LogP contribution in [0.3, 0.4) is 0 Å². The first-order chi connectivity index (χ1) is 9.13. The largest absolute Gasteiger partial charge is 0.507 e. The number of carbonyl (C=O) groups is 1. The molecule has 1 saturated carbocycles. The third-order valence-electron chi connectivity index (χ3n) is 3.88. The molecule has 2 N–H and O–H groups in total. The van der Waals surface area contributed by atoms with E-state index in [9.17, 15) is 9.90 Å². The van der Waals surface area contributed by atoms with Gasteiger partial charge in [-0.3, -0.25) is 4.79 Å². The van der Waals surface area contributed by atoms with E-state index in [1.807, 2.05) is 0 Å². The second-order valence-electron chi connectivity index (χ2n) is 5.20. The molecule has 2 atom stereocenters. The molecule has 4 heteroatoms. The van der Waals surface area contributed by atoms with E-state index in [-0.39, 0.29) is 23.3 Å². The smallest absolute Gasteiger partial charge is 0.259 e. The summed E-state index contributed by atoms with van der Waals surface area (Å²) >= 11 is 0. The number of aromatic hydroxyl groups is 1. The number of methoxy groups -OCH3 is 1. The van der Waals surface area contributed by atoms with Gasteiger partial charge in [-0.15, -0.1) is 0 Å². The highest BCUT2D eigenvalue weighted by Gasteiger charge is 2.25. The second-order valence-corrected chi connectivity index (χ2v) is 5.20. The zero-order valence-corrected chi connectivity index (χ0v) is 11.5. The van der Waals surface area contributed by atoms with Crippen LogP contribution >= 0.6 is 0 Å². The highest BCUT2D eigenvalue weighted by atomic mass is 16.5. The van der Waals surface area contributed by atoms with Crippen molar-refractivity contribution in [1.82, 2.24) is 5.32 Å². The Balaban J connectivity index is 2.15. The molecule has 19 heavy (non-hydrogen) atoms. The Kier molecular flexibility index (Phi) is 4.30. The van der Waals surface area contributed by atoms with Crippen molar-refractivity contribution in [2.45, 2.75) is 38.6 Å². The van der Waals surface area contributed by atoms with Crippen LogP contribution in [-0.4, -0.2) is 24.2 Å². The number of amides is 1. The van der Waals surface area contributed by atoms with Gasteiger partial charge in [0.15, 0.2) is 0 Å². The van der Waals surface area contributed by atoms with Crippen molar-refractivity contribution in [3.8, 4) is 11.5 Å². The molecular weight excluding hydrogens is 242 g/mol. The molecule has 1 fully saturated rings. The summed E-state index contributed by atoms with van der Waals surface area (Å²) in [6.45, 7) is 2.16. The number of benzene rings is 1. The van der Waals surface area contributed by atoms with Gasteiger partial charge < -0.3 is 15.2 Å². The molecule has 1 amide bonds. The maximum Gasteiger partial charge on any atom is 0.259 e. The summed E-state index contributed by atoms with van der Waals surface area (Å²) in [5, 5.41) is 12.9. The van der Waals surface area contributed by atoms with Crippen LogP contribution in [0.1, 0.15) is 43.0 Å². The average Bonchev–Trinajstić information content (AvgIpc) is 2.40. The van der Waals surface area contributed by atoms with Gasteiger partial charge in [0.1, 0.15) is 17.1 Å². The minimum Gasteiger partial charge on any atom is -0.507 e. The first-order valence-corrected chi connectivity index (χ1v) is 6.80. The Morgan fingerprint density at radius 2 is 2.11 bits per heavy atom. The lowest BCUT2D eigenvalue weighted by molar-refractivity contribution is 0.0904. The van der Waals surface area contributed by atoms with E-state index >= 15 is 0 Å². The van der Waals surface area contributed by atoms with Gasteiger partial charge in [-0.25, -0.2) is 0 Å². The summed E-state index contributed by atoms with van der Waals surface area (Å²) in [5.74, 6) is 0.588. The van der Waals surface area contributed by atoms with Crippen molar-refractivity contribution in [2.75, 3.05) is 7.11 Å². The quantitative estimate of drug-likeness (QED) is 0.881. The predicted molar refractivity (Wildman–Crippen MR) is 73.5 cm³/mol. The van der Waals surface area contributed by atoms with Crippen molar-refractivity contribution in [1.29, 1.82) is 0 Å². The molecular formula is C15H21NO3. The Bertz CT molecular complexity index is 459. The van der Waals surface area contributed by atoms with Crippen molar-refractivity contribution in [3.63, 3.8) is 0 Å². The molecule has 0 aromatic heterocycles. The molecule has 1 aliphatic rings. The molecule has 4 nitrogen and oxygen atoms in total. The lowest BCUT2D eigenvalue weighted by Gasteiger charge is -2.29. The lowest BCUT2D eigenvalue weighted by Crippen LogP contribution is -2.41. The summed E-state index contributed by atoms with van der Waals surface area (Å²) < 4.78 is 5.14. The molecule has 0 saturated heterocycles. The molecule has 1 aromatic carbocycles. The van der Waals surface area contributed by atoms with Gasteiger partial charge in [0.05, 0.1) is 7.11 Å². The molecule has 0 bridgehead atoms. The van der Waals surface area contributed by atoms with Gasteiger partial charge in [-0.1, -0.05) is 25.8 Å². The molecule has 0 radical (unpaired) electrons. The first-order valence-electron chi connectivity index (χ1n) is 6.80. The van der Waals surface area contributed by atoms with E-state index in [2.05, 4.69) is 12.2 Å². The van der Waals surface area contributed by atoms with Crippen molar-refractivity contribution < 1.29 is 14.6 Å². The summed E-state index contributed by atoms with van der Waals surface area (Å²) in [5.41, 5.74) is 0.225. The minimum absolute atomic E-state index is 0.0414. The van der Waals surface area contributed by atoms with E-state index < -0.39 is 0 Å². The van der Waals surface area contributed by atoms with E-state index in [0.717, 1.165) is 19.3 Å². The van der Waals surface area contributed by atoms with Gasteiger partial charge in [-0.05, 0) is 30.9 Å². The Labute approximate surface area is 113 Å². The number of hydrogen-bond acceptors (Lipinski definition) is 3. The number of carbonyl (C=O) groups excluding carboxylic acids is 1. The fraction of sp³-hybridized carbons (Fsp3) is 0.533. The van der Waals surface area contributed by atoms with Crippen LogP contribution in [0, 0.1) is 5.92 Å². The predicted octanol–water partition coefficient (Wildman–Crippen LogP) is 2.71. The van der Waals surface area contributed by atoms with Crippen LogP contribution in [0.25, 0.3) is 0 Å². The van der Waals surface area contributed by atoms with Gasteiger partial charge in [0, 0.05) is 6.04 Å². The summed E-state index contributed by atoms with van der Waals surface area (Å²) in [6.07, 6.45) is 4.52. The van der Waals surface area contributed by atoms with Crippen LogP contribution in [0.2, 0.25) is 0 Å². The summed E-state index contributed by atoms with van der Waals surface area (Å²) in [6, 6.07) is 5.03. The molecule has 0 heterocycles. The third kappa shape index (κ3) is 3.00. The van der Waals surface area contributed by atoms with Crippen molar-refractivity contribution in [3.05, 3.63) is 23.8 Å². The first kappa shape index (κ1) is 13.7. The second kappa shape index (κ2) is 5.95. The fourth-order valence-electron chi connectivity index (χ4n) is 2.69. The van der Waals surface area contributed by atoms with Crippen LogP contribution in [0.15, 0.2) is 18.2 Å². The van der Waals surface area contributed by atoms with Crippen LogP contribution in [0.4, 0.5) is 0 Å². The molecule has 2 rings (SSSR count). The van der Waals surface area contributed by atoms with Gasteiger partial charge in [0.2, 0.25) is 0 Å². The van der Waals surface area contributed by atoms with Crippen molar-refractivity contribution >= 4 is 5.91 Å². The van der Waals surface area contributed by atoms with E-state index in [1.54, 1.807) is 12.1 Å². The van der Waals surface area contributed by atoms with E-state index in [0.29, 0.717) is 11.7 Å². The molecule has 1 aromatic rings. The molecule has 0 aliphatic heterocycles. The average molecular weight is 263 g/mol. The molecule has 1 aliphatic carbocycles. The van der Waals surface area contributed by atoms with Crippen molar-refractivity contribution in [2.24, 2.45) is 5.92 Å². The topological polar surface area (TPSA) is 58.6 Å². The molecule has 0 spiro atoms. The molecule has 104 valence electrons. The normalized spacial score (nSPS) is 22.8. The van der Waals surface area contributed by atoms with E-state index in [1.165, 1.54) is 19.6 Å². The fourth-order valence-corrected chi connectivity index (χ4v) is 2.69. The summed E-state index contributed by atoms with van der Waals surface area (Å²) in [7, 11) is 1.49. The SMILES string of the molecule is COc1cccc(O)c1C(=O)NC1CCCCC1C. The Morgan fingerprint density at radius 1 is 1.37 bits per heavy atom. The number of rotatable bonds is 3. The molecule has 2 unspecified atom stereocenters. The van der Waals surface area contributed by atoms with Gasteiger partial charge >= 0.3 is 0 Å². The van der Waals surface area contributed by atoms with Crippen LogP contribution < -0.4 is 10.1 Å². The number of phenols is 1. The van der Waals surface area contributed by atoms with Crippen LogP contribution in [-0.2, 0) is 0 Å². The minimum atomic E-state index is -0.256. The number of ether oxygens (including phenoxy) is 1. The highest BCUT2D eigenvalue weighted by Crippen LogP contribution is 2.29. The maximum atomic E-state index is 12.3. The standard InChI is InChI=1S/C15H21NO3/c1-10-6-3-4-7-11(10)16-15(18)14-12(17)8-5-9-13(14)19-2/h5,8-11,17H,3-4,6-7H2,1-2H3,(H,16,18). The summed E-state index contributed by atoms with van der Waals surface area (Å²) in [4.78, 5) is 12.3. The van der Waals surface area contributed by atoms with Crippen LogP contribution in [0.5, 0.6) is 11.5 Å². The third-order valence-corrected chi connectivity index (χ3v) is 3.88. The van der Waals surface area contributed by atoms with E-state index in [4.69, 9.17) is 4.74 Å². The number of phenolic OH excluding ortho intramolecular Hbond substituents is 1. The number of hydrogen-bond donors (Lipinski definition) is 2. The van der Waals surface area contributed by atoms with Gasteiger partial charge in [-0.2, -0.15) is 0 Å².